The Morgan fingerprint density at radius 1 is 1.06 bits per heavy atom. The highest BCUT2D eigenvalue weighted by molar-refractivity contribution is 6.28. The Morgan fingerprint density at radius 3 is 2.41 bits per heavy atom. The molecule has 0 amide bonds. The van der Waals surface area contributed by atoms with E-state index in [9.17, 15) is 0 Å². The maximum atomic E-state index is 5.79. The summed E-state index contributed by atoms with van der Waals surface area (Å²) in [6.45, 7) is 0. The van der Waals surface area contributed by atoms with Crippen LogP contribution in [0, 0.1) is 0 Å². The summed E-state index contributed by atoms with van der Waals surface area (Å²) < 4.78 is 5.48. The maximum Gasteiger partial charge on any atom is 0.328 e. The van der Waals surface area contributed by atoms with Gasteiger partial charge >= 0.3 is 6.01 Å². The lowest BCUT2D eigenvalue weighted by Gasteiger charge is -2.11. The zero-order valence-corrected chi connectivity index (χ0v) is 10.2. The number of ether oxygens (including phenoxy) is 1. The average molecular weight is 251 g/mol. The van der Waals surface area contributed by atoms with Gasteiger partial charge < -0.3 is 9.64 Å². The van der Waals surface area contributed by atoms with Gasteiger partial charge in [0.1, 0.15) is 5.75 Å². The third-order valence-corrected chi connectivity index (χ3v) is 2.10. The zero-order chi connectivity index (χ0) is 12.3. The van der Waals surface area contributed by atoms with Crippen molar-refractivity contribution in [2.45, 2.75) is 0 Å². The van der Waals surface area contributed by atoms with Gasteiger partial charge in [-0.25, -0.2) is 0 Å². The molecule has 0 spiro atoms. The van der Waals surface area contributed by atoms with Crippen molar-refractivity contribution in [3.05, 3.63) is 35.6 Å². The molecule has 5 nitrogen and oxygen atoms in total. The van der Waals surface area contributed by atoms with E-state index in [1.807, 2.05) is 44.4 Å². The average Bonchev–Trinajstić information content (AvgIpc) is 2.29. The first-order chi connectivity index (χ1) is 8.15. The van der Waals surface area contributed by atoms with E-state index in [1.165, 1.54) is 0 Å². The Kier molecular flexibility index (Phi) is 3.39. The molecule has 88 valence electrons. The number of nitrogens with zero attached hydrogens (tertiary/aromatic N) is 4. The van der Waals surface area contributed by atoms with Gasteiger partial charge in [-0.3, -0.25) is 0 Å². The Morgan fingerprint density at radius 2 is 1.76 bits per heavy atom. The molecule has 0 bridgehead atoms. The Labute approximate surface area is 104 Å². The van der Waals surface area contributed by atoms with Crippen molar-refractivity contribution >= 4 is 17.5 Å². The molecule has 0 saturated carbocycles. The molecular weight excluding hydrogens is 240 g/mol. The molecule has 0 aliphatic heterocycles. The van der Waals surface area contributed by atoms with Gasteiger partial charge in [-0.2, -0.15) is 15.0 Å². The molecule has 1 aromatic carbocycles. The second kappa shape index (κ2) is 4.97. The van der Waals surface area contributed by atoms with Crippen molar-refractivity contribution in [2.75, 3.05) is 19.0 Å². The van der Waals surface area contributed by atoms with Gasteiger partial charge in [0.25, 0.3) is 0 Å². The summed E-state index contributed by atoms with van der Waals surface area (Å²) >= 11 is 5.79. The first-order valence-corrected chi connectivity index (χ1v) is 5.35. The van der Waals surface area contributed by atoms with Crippen LogP contribution in [0.4, 0.5) is 5.95 Å². The van der Waals surface area contributed by atoms with E-state index in [4.69, 9.17) is 16.3 Å². The third-order valence-electron chi connectivity index (χ3n) is 1.93. The molecule has 0 radical (unpaired) electrons. The van der Waals surface area contributed by atoms with Gasteiger partial charge in [-0.1, -0.05) is 18.2 Å². The number of benzene rings is 1. The van der Waals surface area contributed by atoms with Crippen LogP contribution in [-0.4, -0.2) is 29.0 Å². The molecule has 0 N–H and O–H groups in total. The van der Waals surface area contributed by atoms with Crippen LogP contribution in [0.1, 0.15) is 0 Å². The van der Waals surface area contributed by atoms with E-state index in [1.54, 1.807) is 4.90 Å². The van der Waals surface area contributed by atoms with Gasteiger partial charge in [0.2, 0.25) is 11.2 Å². The zero-order valence-electron chi connectivity index (χ0n) is 9.46. The number of halogens is 1. The van der Waals surface area contributed by atoms with Crippen LogP contribution < -0.4 is 9.64 Å². The second-order valence-electron chi connectivity index (χ2n) is 3.50. The molecule has 17 heavy (non-hydrogen) atoms. The van der Waals surface area contributed by atoms with Gasteiger partial charge in [0.05, 0.1) is 0 Å². The van der Waals surface area contributed by atoms with Crippen LogP contribution in [0.5, 0.6) is 11.8 Å². The number of rotatable bonds is 3. The van der Waals surface area contributed by atoms with Crippen LogP contribution in [0.15, 0.2) is 30.3 Å². The molecule has 6 heteroatoms. The molecule has 2 rings (SSSR count). The summed E-state index contributed by atoms with van der Waals surface area (Å²) in [7, 11) is 3.63. The standard InChI is InChI=1S/C11H11ClN4O/c1-16(2)10-13-9(12)14-11(15-10)17-8-6-4-3-5-7-8/h3-7H,1-2H3. The van der Waals surface area contributed by atoms with Crippen LogP contribution in [0.25, 0.3) is 0 Å². The summed E-state index contributed by atoms with van der Waals surface area (Å²) in [5, 5.41) is 0.106. The highest BCUT2D eigenvalue weighted by atomic mass is 35.5. The maximum absolute atomic E-state index is 5.79. The number of anilines is 1. The normalized spacial score (nSPS) is 10.1. The van der Waals surface area contributed by atoms with E-state index >= 15 is 0 Å². The number of hydrogen-bond donors (Lipinski definition) is 0. The first kappa shape index (κ1) is 11.6. The molecule has 1 aromatic heterocycles. The van der Waals surface area contributed by atoms with Gasteiger partial charge in [0.15, 0.2) is 0 Å². The lowest BCUT2D eigenvalue weighted by molar-refractivity contribution is 0.439. The van der Waals surface area contributed by atoms with E-state index in [0.717, 1.165) is 0 Å². The Bertz CT molecular complexity index is 504. The quantitative estimate of drug-likeness (QED) is 0.837. The third kappa shape index (κ3) is 3.04. The fourth-order valence-corrected chi connectivity index (χ4v) is 1.31. The summed E-state index contributed by atoms with van der Waals surface area (Å²) in [6, 6.07) is 9.44. The van der Waals surface area contributed by atoms with Crippen molar-refractivity contribution in [3.8, 4) is 11.8 Å². The van der Waals surface area contributed by atoms with Crippen LogP contribution in [0.3, 0.4) is 0 Å². The lowest BCUT2D eigenvalue weighted by Crippen LogP contribution is -2.13. The number of para-hydroxylation sites is 1. The van der Waals surface area contributed by atoms with Crippen molar-refractivity contribution < 1.29 is 4.74 Å². The Balaban J connectivity index is 2.27. The van der Waals surface area contributed by atoms with Gasteiger partial charge in [0, 0.05) is 14.1 Å². The topological polar surface area (TPSA) is 51.1 Å². The number of hydrogen-bond acceptors (Lipinski definition) is 5. The van der Waals surface area contributed by atoms with E-state index in [-0.39, 0.29) is 11.3 Å². The highest BCUT2D eigenvalue weighted by Gasteiger charge is 2.08. The largest absolute Gasteiger partial charge is 0.424 e. The van der Waals surface area contributed by atoms with Crippen molar-refractivity contribution in [3.63, 3.8) is 0 Å². The smallest absolute Gasteiger partial charge is 0.328 e. The van der Waals surface area contributed by atoms with Crippen molar-refractivity contribution in [1.82, 2.24) is 15.0 Å². The molecule has 2 aromatic rings. The van der Waals surface area contributed by atoms with Crippen molar-refractivity contribution in [2.24, 2.45) is 0 Å². The molecule has 1 heterocycles. The first-order valence-electron chi connectivity index (χ1n) is 4.97. The summed E-state index contributed by atoms with van der Waals surface area (Å²) in [6.07, 6.45) is 0. The molecular formula is C11H11ClN4O. The molecule has 0 unspecified atom stereocenters. The van der Waals surface area contributed by atoms with Gasteiger partial charge in [-0.15, -0.1) is 0 Å². The molecule has 0 atom stereocenters. The fraction of sp³-hybridized carbons (Fsp3) is 0.182. The van der Waals surface area contributed by atoms with E-state index in [0.29, 0.717) is 11.7 Å². The van der Waals surface area contributed by atoms with E-state index in [2.05, 4.69) is 15.0 Å². The molecule has 0 fully saturated rings. The second-order valence-corrected chi connectivity index (χ2v) is 3.83. The van der Waals surface area contributed by atoms with Crippen molar-refractivity contribution in [1.29, 1.82) is 0 Å². The predicted molar refractivity (Wildman–Crippen MR) is 65.7 cm³/mol. The summed E-state index contributed by atoms with van der Waals surface area (Å²) in [4.78, 5) is 13.7. The lowest BCUT2D eigenvalue weighted by atomic mass is 10.3. The van der Waals surface area contributed by atoms with Crippen LogP contribution in [0.2, 0.25) is 5.28 Å². The SMILES string of the molecule is CN(C)c1nc(Cl)nc(Oc2ccccc2)n1. The summed E-state index contributed by atoms with van der Waals surface area (Å²) in [5.74, 6) is 1.11. The van der Waals surface area contributed by atoms with Crippen LogP contribution >= 0.6 is 11.6 Å². The van der Waals surface area contributed by atoms with Gasteiger partial charge in [-0.05, 0) is 23.7 Å². The molecule has 0 aliphatic rings. The highest BCUT2D eigenvalue weighted by Crippen LogP contribution is 2.19. The summed E-state index contributed by atoms with van der Waals surface area (Å²) in [5.41, 5.74) is 0. The molecule has 0 aliphatic carbocycles. The number of aromatic nitrogens is 3. The van der Waals surface area contributed by atoms with Crippen LogP contribution in [-0.2, 0) is 0 Å². The minimum Gasteiger partial charge on any atom is -0.424 e. The minimum absolute atomic E-state index is 0.106. The fourth-order valence-electron chi connectivity index (χ4n) is 1.16. The predicted octanol–water partition coefficient (Wildman–Crippen LogP) is 2.38. The molecule has 0 saturated heterocycles. The monoisotopic (exact) mass is 250 g/mol. The Hall–Kier alpha value is -1.88. The minimum atomic E-state index is 0.106. The van der Waals surface area contributed by atoms with E-state index < -0.39 is 0 Å².